The lowest BCUT2D eigenvalue weighted by Crippen LogP contribution is -2.42. The standard InChI is InChI=1S/C15H23ClN2O4S.ClH/c1-11-10-12(16)4-5-14(11)22-8-3-7-18-15(19)13(17)6-9-23(2,20)21;/h4-5,10,13H,3,6-9,17H2,1-2H3,(H,18,19);1H. The summed E-state index contributed by atoms with van der Waals surface area (Å²) >= 11 is 5.87. The molecule has 1 aromatic carbocycles. The largest absolute Gasteiger partial charge is 0.493 e. The third kappa shape index (κ3) is 9.32. The van der Waals surface area contributed by atoms with Crippen LogP contribution in [0.3, 0.4) is 0 Å². The van der Waals surface area contributed by atoms with Gasteiger partial charge in [-0.05, 0) is 43.5 Å². The number of hydrogen-bond donors (Lipinski definition) is 2. The minimum absolute atomic E-state index is 0. The van der Waals surface area contributed by atoms with Crippen molar-refractivity contribution in [3.8, 4) is 5.75 Å². The lowest BCUT2D eigenvalue weighted by Gasteiger charge is -2.12. The van der Waals surface area contributed by atoms with E-state index in [0.717, 1.165) is 17.6 Å². The molecule has 0 radical (unpaired) electrons. The van der Waals surface area contributed by atoms with Crippen molar-refractivity contribution in [3.05, 3.63) is 28.8 Å². The normalized spacial score (nSPS) is 12.2. The van der Waals surface area contributed by atoms with E-state index in [1.165, 1.54) is 0 Å². The number of halogens is 2. The molecular formula is C15H24Cl2N2O4S. The van der Waals surface area contributed by atoms with Crippen molar-refractivity contribution >= 4 is 39.8 Å². The molecule has 0 bridgehead atoms. The van der Waals surface area contributed by atoms with Crippen molar-refractivity contribution in [2.45, 2.75) is 25.8 Å². The van der Waals surface area contributed by atoms with Gasteiger partial charge in [0.15, 0.2) is 0 Å². The summed E-state index contributed by atoms with van der Waals surface area (Å²) < 4.78 is 27.7. The summed E-state index contributed by atoms with van der Waals surface area (Å²) in [7, 11) is -3.11. The van der Waals surface area contributed by atoms with Gasteiger partial charge < -0.3 is 15.8 Å². The zero-order chi connectivity index (χ0) is 17.5. The highest BCUT2D eigenvalue weighted by atomic mass is 35.5. The van der Waals surface area contributed by atoms with E-state index < -0.39 is 15.9 Å². The first-order valence-corrected chi connectivity index (χ1v) is 9.73. The molecule has 0 aromatic heterocycles. The number of rotatable bonds is 9. The van der Waals surface area contributed by atoms with E-state index in [9.17, 15) is 13.2 Å². The van der Waals surface area contributed by atoms with E-state index in [1.54, 1.807) is 12.1 Å². The quantitative estimate of drug-likeness (QED) is 0.616. The number of ether oxygens (including phenoxy) is 1. The van der Waals surface area contributed by atoms with Gasteiger partial charge in [-0.1, -0.05) is 11.6 Å². The molecule has 0 saturated carbocycles. The van der Waals surface area contributed by atoms with Crippen LogP contribution in [-0.4, -0.2) is 45.5 Å². The molecule has 0 heterocycles. The number of amides is 1. The Hall–Kier alpha value is -1.02. The van der Waals surface area contributed by atoms with Crippen molar-refractivity contribution in [2.24, 2.45) is 5.73 Å². The molecule has 0 aliphatic rings. The van der Waals surface area contributed by atoms with Crippen LogP contribution in [0, 0.1) is 6.92 Å². The Balaban J connectivity index is 0.00000529. The third-order valence-electron chi connectivity index (χ3n) is 3.15. The van der Waals surface area contributed by atoms with E-state index in [2.05, 4.69) is 5.32 Å². The van der Waals surface area contributed by atoms with Crippen LogP contribution >= 0.6 is 24.0 Å². The van der Waals surface area contributed by atoms with Gasteiger partial charge in [0.05, 0.1) is 18.4 Å². The number of carbonyl (C=O) groups excluding carboxylic acids is 1. The lowest BCUT2D eigenvalue weighted by molar-refractivity contribution is -0.122. The summed E-state index contributed by atoms with van der Waals surface area (Å²) in [5.41, 5.74) is 6.59. The maximum Gasteiger partial charge on any atom is 0.236 e. The summed E-state index contributed by atoms with van der Waals surface area (Å²) in [4.78, 5) is 11.7. The number of sulfone groups is 1. The number of nitrogens with one attached hydrogen (secondary N) is 1. The fourth-order valence-corrected chi connectivity index (χ4v) is 2.75. The second-order valence-electron chi connectivity index (χ2n) is 5.43. The van der Waals surface area contributed by atoms with Gasteiger partial charge in [-0.3, -0.25) is 4.79 Å². The number of aryl methyl sites for hydroxylation is 1. The first-order valence-electron chi connectivity index (χ1n) is 7.29. The van der Waals surface area contributed by atoms with Crippen LogP contribution in [0.5, 0.6) is 5.75 Å². The molecule has 0 aliphatic carbocycles. The highest BCUT2D eigenvalue weighted by Gasteiger charge is 2.15. The molecule has 3 N–H and O–H groups in total. The zero-order valence-corrected chi connectivity index (χ0v) is 16.1. The average Bonchev–Trinajstić information content (AvgIpc) is 2.45. The molecule has 9 heteroatoms. The molecule has 0 spiro atoms. The Morgan fingerprint density at radius 3 is 2.67 bits per heavy atom. The monoisotopic (exact) mass is 398 g/mol. The van der Waals surface area contributed by atoms with Crippen LogP contribution in [0.25, 0.3) is 0 Å². The summed E-state index contributed by atoms with van der Waals surface area (Å²) in [6, 6.07) is 4.56. The van der Waals surface area contributed by atoms with Gasteiger partial charge in [0.25, 0.3) is 0 Å². The Kier molecular flexibility index (Phi) is 10.3. The van der Waals surface area contributed by atoms with Crippen molar-refractivity contribution in [3.63, 3.8) is 0 Å². The minimum atomic E-state index is -3.11. The molecular weight excluding hydrogens is 375 g/mol. The van der Waals surface area contributed by atoms with Gasteiger partial charge in [0, 0.05) is 17.8 Å². The number of nitrogens with two attached hydrogens (primary N) is 1. The van der Waals surface area contributed by atoms with Crippen molar-refractivity contribution < 1.29 is 17.9 Å². The van der Waals surface area contributed by atoms with Crippen LogP contribution in [0.1, 0.15) is 18.4 Å². The molecule has 1 rings (SSSR count). The molecule has 24 heavy (non-hydrogen) atoms. The smallest absolute Gasteiger partial charge is 0.236 e. The predicted molar refractivity (Wildman–Crippen MR) is 98.9 cm³/mol. The van der Waals surface area contributed by atoms with Gasteiger partial charge in [0.2, 0.25) is 5.91 Å². The Labute approximate surface area is 154 Å². The summed E-state index contributed by atoms with van der Waals surface area (Å²) in [6.45, 7) is 2.77. The SMILES string of the molecule is Cc1cc(Cl)ccc1OCCCNC(=O)C(N)CCS(C)(=O)=O.Cl. The van der Waals surface area contributed by atoms with E-state index in [-0.39, 0.29) is 30.5 Å². The first-order chi connectivity index (χ1) is 10.7. The summed E-state index contributed by atoms with van der Waals surface area (Å²) in [5.74, 6) is 0.308. The van der Waals surface area contributed by atoms with Gasteiger partial charge in [-0.25, -0.2) is 8.42 Å². The molecule has 0 saturated heterocycles. The van der Waals surface area contributed by atoms with Crippen LogP contribution in [0.2, 0.25) is 5.02 Å². The van der Waals surface area contributed by atoms with E-state index >= 15 is 0 Å². The lowest BCUT2D eigenvalue weighted by atomic mass is 10.2. The maximum absolute atomic E-state index is 11.7. The fourth-order valence-electron chi connectivity index (χ4n) is 1.84. The van der Waals surface area contributed by atoms with Gasteiger partial charge in [0.1, 0.15) is 15.6 Å². The number of carbonyl (C=O) groups is 1. The van der Waals surface area contributed by atoms with Gasteiger partial charge in [-0.2, -0.15) is 0 Å². The second kappa shape index (κ2) is 10.8. The molecule has 6 nitrogen and oxygen atoms in total. The summed E-state index contributed by atoms with van der Waals surface area (Å²) in [5, 5.41) is 3.33. The third-order valence-corrected chi connectivity index (χ3v) is 4.36. The minimum Gasteiger partial charge on any atom is -0.493 e. The van der Waals surface area contributed by atoms with E-state index in [4.69, 9.17) is 22.1 Å². The Morgan fingerprint density at radius 2 is 2.08 bits per heavy atom. The Morgan fingerprint density at radius 1 is 1.42 bits per heavy atom. The Bertz CT molecular complexity index is 638. The van der Waals surface area contributed by atoms with Crippen LogP contribution in [-0.2, 0) is 14.6 Å². The van der Waals surface area contributed by atoms with E-state index in [1.807, 2.05) is 13.0 Å². The molecule has 138 valence electrons. The second-order valence-corrected chi connectivity index (χ2v) is 8.12. The maximum atomic E-state index is 11.7. The first kappa shape index (κ1) is 23.0. The molecule has 1 amide bonds. The molecule has 1 aromatic rings. The molecule has 1 unspecified atom stereocenters. The predicted octanol–water partition coefficient (Wildman–Crippen LogP) is 1.72. The topological polar surface area (TPSA) is 98.5 Å². The van der Waals surface area contributed by atoms with Crippen LogP contribution < -0.4 is 15.8 Å². The molecule has 0 aliphatic heterocycles. The van der Waals surface area contributed by atoms with Crippen molar-refractivity contribution in [2.75, 3.05) is 25.2 Å². The van der Waals surface area contributed by atoms with Crippen molar-refractivity contribution in [1.29, 1.82) is 0 Å². The summed E-state index contributed by atoms with van der Waals surface area (Å²) in [6.07, 6.45) is 1.85. The van der Waals surface area contributed by atoms with Crippen LogP contribution in [0.15, 0.2) is 18.2 Å². The fraction of sp³-hybridized carbons (Fsp3) is 0.533. The number of hydrogen-bond acceptors (Lipinski definition) is 5. The molecule has 1 atom stereocenters. The van der Waals surface area contributed by atoms with Gasteiger partial charge in [-0.15, -0.1) is 12.4 Å². The highest BCUT2D eigenvalue weighted by molar-refractivity contribution is 7.90. The van der Waals surface area contributed by atoms with E-state index in [0.29, 0.717) is 24.6 Å². The average molecular weight is 399 g/mol. The van der Waals surface area contributed by atoms with Crippen molar-refractivity contribution in [1.82, 2.24) is 5.32 Å². The van der Waals surface area contributed by atoms with Gasteiger partial charge >= 0.3 is 0 Å². The highest BCUT2D eigenvalue weighted by Crippen LogP contribution is 2.21. The number of benzene rings is 1. The van der Waals surface area contributed by atoms with Crippen LogP contribution in [0.4, 0.5) is 0 Å². The zero-order valence-electron chi connectivity index (χ0n) is 13.7. The molecule has 0 fully saturated rings.